The van der Waals surface area contributed by atoms with Crippen LogP contribution in [0.1, 0.15) is 31.9 Å². The van der Waals surface area contributed by atoms with E-state index in [1.165, 1.54) is 0 Å². The standard InChI is InChI=1S/C15H24N2O3S/c1-4-14-11-20-9-8-17(14)21(18,19)15-7-5-6-13(10-15)12(2)16-3/h5-7,10,12,14,16H,4,8-9,11H2,1-3H3. The van der Waals surface area contributed by atoms with Gasteiger partial charge in [-0.1, -0.05) is 19.1 Å². The molecule has 0 amide bonds. The first kappa shape index (κ1) is 16.4. The average Bonchev–Trinajstić information content (AvgIpc) is 2.54. The van der Waals surface area contributed by atoms with Gasteiger partial charge in [-0.15, -0.1) is 0 Å². The molecule has 1 N–H and O–H groups in total. The van der Waals surface area contributed by atoms with Crippen molar-refractivity contribution in [2.24, 2.45) is 0 Å². The van der Waals surface area contributed by atoms with Crippen LogP contribution < -0.4 is 5.32 Å². The number of hydrogen-bond acceptors (Lipinski definition) is 4. The van der Waals surface area contributed by atoms with E-state index in [0.717, 1.165) is 12.0 Å². The predicted octanol–water partition coefficient (Wildman–Crippen LogP) is 1.77. The molecule has 1 saturated heterocycles. The van der Waals surface area contributed by atoms with Crippen molar-refractivity contribution < 1.29 is 13.2 Å². The second-order valence-electron chi connectivity index (χ2n) is 5.34. The van der Waals surface area contributed by atoms with E-state index in [-0.39, 0.29) is 12.1 Å². The van der Waals surface area contributed by atoms with Crippen LogP contribution in [0.5, 0.6) is 0 Å². The van der Waals surface area contributed by atoms with Gasteiger partial charge in [-0.05, 0) is 38.1 Å². The number of rotatable bonds is 5. The summed E-state index contributed by atoms with van der Waals surface area (Å²) in [6.07, 6.45) is 0.756. The lowest BCUT2D eigenvalue weighted by Gasteiger charge is -2.34. The van der Waals surface area contributed by atoms with Crippen molar-refractivity contribution in [1.29, 1.82) is 0 Å². The molecule has 0 saturated carbocycles. The Labute approximate surface area is 127 Å². The highest BCUT2D eigenvalue weighted by atomic mass is 32.2. The van der Waals surface area contributed by atoms with Gasteiger partial charge in [-0.3, -0.25) is 0 Å². The Morgan fingerprint density at radius 1 is 1.48 bits per heavy atom. The Bertz CT molecular complexity index is 574. The predicted molar refractivity (Wildman–Crippen MR) is 82.7 cm³/mol. The van der Waals surface area contributed by atoms with Gasteiger partial charge >= 0.3 is 0 Å². The molecule has 2 unspecified atom stereocenters. The minimum atomic E-state index is -3.46. The fourth-order valence-electron chi connectivity index (χ4n) is 2.52. The molecule has 2 atom stereocenters. The van der Waals surface area contributed by atoms with Crippen molar-refractivity contribution in [3.05, 3.63) is 29.8 Å². The molecule has 5 nitrogen and oxygen atoms in total. The van der Waals surface area contributed by atoms with E-state index in [1.54, 1.807) is 22.5 Å². The Kier molecular flexibility index (Phi) is 5.37. The third-order valence-corrected chi connectivity index (χ3v) is 5.99. The van der Waals surface area contributed by atoms with Crippen LogP contribution in [0, 0.1) is 0 Å². The lowest BCUT2D eigenvalue weighted by molar-refractivity contribution is 0.0314. The quantitative estimate of drug-likeness (QED) is 0.900. The number of sulfonamides is 1. The van der Waals surface area contributed by atoms with E-state index >= 15 is 0 Å². The summed E-state index contributed by atoms with van der Waals surface area (Å²) in [5.74, 6) is 0. The highest BCUT2D eigenvalue weighted by Gasteiger charge is 2.33. The van der Waals surface area contributed by atoms with Gasteiger partial charge in [0.25, 0.3) is 0 Å². The van der Waals surface area contributed by atoms with E-state index in [1.807, 2.05) is 27.0 Å². The highest BCUT2D eigenvalue weighted by Crippen LogP contribution is 2.24. The molecule has 0 aromatic heterocycles. The van der Waals surface area contributed by atoms with Gasteiger partial charge < -0.3 is 10.1 Å². The van der Waals surface area contributed by atoms with Gasteiger partial charge in [-0.2, -0.15) is 4.31 Å². The van der Waals surface area contributed by atoms with Crippen LogP contribution in [-0.2, 0) is 14.8 Å². The topological polar surface area (TPSA) is 58.6 Å². The fraction of sp³-hybridized carbons (Fsp3) is 0.600. The Morgan fingerprint density at radius 2 is 2.24 bits per heavy atom. The summed E-state index contributed by atoms with van der Waals surface area (Å²) < 4.78 is 32.7. The van der Waals surface area contributed by atoms with Crippen molar-refractivity contribution in [3.8, 4) is 0 Å². The Morgan fingerprint density at radius 3 is 2.90 bits per heavy atom. The first-order valence-corrected chi connectivity index (χ1v) is 8.81. The number of benzene rings is 1. The van der Waals surface area contributed by atoms with E-state index < -0.39 is 10.0 Å². The van der Waals surface area contributed by atoms with Crippen LogP contribution in [0.3, 0.4) is 0 Å². The first-order valence-electron chi connectivity index (χ1n) is 7.37. The van der Waals surface area contributed by atoms with Gasteiger partial charge in [0.15, 0.2) is 0 Å². The summed E-state index contributed by atoms with van der Waals surface area (Å²) in [4.78, 5) is 0.363. The van der Waals surface area contributed by atoms with Crippen LogP contribution >= 0.6 is 0 Å². The smallest absolute Gasteiger partial charge is 0.243 e. The van der Waals surface area contributed by atoms with Crippen molar-refractivity contribution in [1.82, 2.24) is 9.62 Å². The molecular weight excluding hydrogens is 288 g/mol. The molecule has 118 valence electrons. The second kappa shape index (κ2) is 6.87. The highest BCUT2D eigenvalue weighted by molar-refractivity contribution is 7.89. The maximum atomic E-state index is 12.9. The summed E-state index contributed by atoms with van der Waals surface area (Å²) in [7, 11) is -1.60. The maximum Gasteiger partial charge on any atom is 0.243 e. The molecule has 1 aromatic rings. The zero-order valence-electron chi connectivity index (χ0n) is 12.9. The van der Waals surface area contributed by atoms with Crippen LogP contribution in [-0.4, -0.2) is 45.6 Å². The van der Waals surface area contributed by atoms with Gasteiger partial charge in [0.05, 0.1) is 18.1 Å². The van der Waals surface area contributed by atoms with E-state index in [4.69, 9.17) is 4.74 Å². The SMILES string of the molecule is CCC1COCCN1S(=O)(=O)c1cccc(C(C)NC)c1. The van der Waals surface area contributed by atoms with Gasteiger partial charge in [0.2, 0.25) is 10.0 Å². The zero-order chi connectivity index (χ0) is 15.5. The van der Waals surface area contributed by atoms with Crippen LogP contribution in [0.2, 0.25) is 0 Å². The van der Waals surface area contributed by atoms with Crippen molar-refractivity contribution >= 4 is 10.0 Å². The molecule has 0 bridgehead atoms. The molecule has 6 heteroatoms. The van der Waals surface area contributed by atoms with Gasteiger partial charge in [0.1, 0.15) is 0 Å². The summed E-state index contributed by atoms with van der Waals surface area (Å²) in [5, 5.41) is 3.13. The van der Waals surface area contributed by atoms with Crippen molar-refractivity contribution in [2.45, 2.75) is 37.2 Å². The molecule has 1 aromatic carbocycles. The van der Waals surface area contributed by atoms with Gasteiger partial charge in [0, 0.05) is 18.6 Å². The van der Waals surface area contributed by atoms with Crippen molar-refractivity contribution in [3.63, 3.8) is 0 Å². The molecule has 2 rings (SSSR count). The first-order chi connectivity index (χ1) is 10.0. The summed E-state index contributed by atoms with van der Waals surface area (Å²) >= 11 is 0. The summed E-state index contributed by atoms with van der Waals surface area (Å²) in [6, 6.07) is 7.22. The van der Waals surface area contributed by atoms with Crippen molar-refractivity contribution in [2.75, 3.05) is 26.8 Å². The third-order valence-electron chi connectivity index (χ3n) is 4.04. The summed E-state index contributed by atoms with van der Waals surface area (Å²) in [6.45, 7) is 5.36. The maximum absolute atomic E-state index is 12.9. The third kappa shape index (κ3) is 3.45. The monoisotopic (exact) mass is 312 g/mol. The number of ether oxygens (including phenoxy) is 1. The van der Waals surface area contributed by atoms with E-state index in [9.17, 15) is 8.42 Å². The Balaban J connectivity index is 2.34. The molecular formula is C15H24N2O3S. The zero-order valence-corrected chi connectivity index (χ0v) is 13.7. The molecule has 0 radical (unpaired) electrons. The molecule has 0 aliphatic carbocycles. The molecule has 1 aliphatic rings. The lowest BCUT2D eigenvalue weighted by atomic mass is 10.1. The number of morpholine rings is 1. The second-order valence-corrected chi connectivity index (χ2v) is 7.23. The number of hydrogen-bond donors (Lipinski definition) is 1. The normalized spacial score (nSPS) is 22.1. The molecule has 21 heavy (non-hydrogen) atoms. The largest absolute Gasteiger partial charge is 0.378 e. The van der Waals surface area contributed by atoms with Crippen LogP contribution in [0.4, 0.5) is 0 Å². The van der Waals surface area contributed by atoms with Crippen LogP contribution in [0.15, 0.2) is 29.2 Å². The van der Waals surface area contributed by atoms with E-state index in [2.05, 4.69) is 5.32 Å². The summed E-state index contributed by atoms with van der Waals surface area (Å²) in [5.41, 5.74) is 0.972. The molecule has 0 spiro atoms. The number of nitrogens with zero attached hydrogens (tertiary/aromatic N) is 1. The van der Waals surface area contributed by atoms with E-state index in [0.29, 0.717) is 24.7 Å². The average molecular weight is 312 g/mol. The van der Waals surface area contributed by atoms with Crippen LogP contribution in [0.25, 0.3) is 0 Å². The fourth-order valence-corrected chi connectivity index (χ4v) is 4.25. The Hall–Kier alpha value is -0.950. The van der Waals surface area contributed by atoms with Gasteiger partial charge in [-0.25, -0.2) is 8.42 Å². The minimum absolute atomic E-state index is 0.0749. The molecule has 1 fully saturated rings. The lowest BCUT2D eigenvalue weighted by Crippen LogP contribution is -2.48. The molecule has 1 aliphatic heterocycles. The molecule has 1 heterocycles. The number of nitrogens with one attached hydrogen (secondary N) is 1. The minimum Gasteiger partial charge on any atom is -0.378 e.